The number of hydrogen-bond donors (Lipinski definition) is 1. The monoisotopic (exact) mass is 348 g/mol. The number of carbonyl (C=O) groups is 3. The third-order valence-corrected chi connectivity index (χ3v) is 4.11. The Morgan fingerprint density at radius 1 is 1.24 bits per heavy atom. The summed E-state index contributed by atoms with van der Waals surface area (Å²) in [4.78, 5) is 37.2. The lowest BCUT2D eigenvalue weighted by molar-refractivity contribution is -0.142. The van der Waals surface area contributed by atoms with Gasteiger partial charge in [0.1, 0.15) is 12.3 Å². The number of nitrogens with zero attached hydrogens (tertiary/aromatic N) is 1. The zero-order valence-corrected chi connectivity index (χ0v) is 14.4. The summed E-state index contributed by atoms with van der Waals surface area (Å²) in [5.41, 5.74) is 0. The average Bonchev–Trinajstić information content (AvgIpc) is 2.66. The minimum atomic E-state index is -0.491. The van der Waals surface area contributed by atoms with Crippen molar-refractivity contribution in [3.05, 3.63) is 30.3 Å². The van der Waals surface area contributed by atoms with Crippen LogP contribution in [-0.4, -0.2) is 56.0 Å². The molecule has 1 saturated heterocycles. The van der Waals surface area contributed by atoms with Crippen LogP contribution < -0.4 is 10.1 Å². The van der Waals surface area contributed by atoms with Crippen LogP contribution in [0.4, 0.5) is 0 Å². The maximum Gasteiger partial charge on any atom is 0.325 e. The van der Waals surface area contributed by atoms with Crippen molar-refractivity contribution in [3.8, 4) is 5.75 Å². The van der Waals surface area contributed by atoms with Gasteiger partial charge in [0.15, 0.2) is 0 Å². The zero-order chi connectivity index (χ0) is 18.1. The fourth-order valence-electron chi connectivity index (χ4n) is 2.72. The fourth-order valence-corrected chi connectivity index (χ4v) is 2.72. The van der Waals surface area contributed by atoms with E-state index in [2.05, 4.69) is 10.1 Å². The lowest BCUT2D eigenvalue weighted by Crippen LogP contribution is -2.46. The molecule has 1 unspecified atom stereocenters. The number of hydrogen-bond acceptors (Lipinski definition) is 5. The molecule has 0 bridgehead atoms. The van der Waals surface area contributed by atoms with Crippen LogP contribution in [0.3, 0.4) is 0 Å². The predicted molar refractivity (Wildman–Crippen MR) is 90.9 cm³/mol. The van der Waals surface area contributed by atoms with E-state index in [4.69, 9.17) is 4.74 Å². The molecule has 0 spiro atoms. The Hall–Kier alpha value is -2.57. The second kappa shape index (κ2) is 9.66. The molecular weight excluding hydrogens is 324 g/mol. The number of benzene rings is 1. The SMILES string of the molecule is COC(=O)CNC(=O)C1CCCN(C(=O)CCOc2ccccc2)C1. The molecular formula is C18H24N2O5. The number of nitrogens with one attached hydrogen (secondary N) is 1. The van der Waals surface area contributed by atoms with Gasteiger partial charge in [0.05, 0.1) is 26.1 Å². The summed E-state index contributed by atoms with van der Waals surface area (Å²) >= 11 is 0. The van der Waals surface area contributed by atoms with E-state index in [0.717, 1.165) is 12.2 Å². The molecule has 136 valence electrons. The summed E-state index contributed by atoms with van der Waals surface area (Å²) < 4.78 is 10.0. The Bertz CT molecular complexity index is 590. The third kappa shape index (κ3) is 6.10. The molecule has 0 saturated carbocycles. The Morgan fingerprint density at radius 3 is 2.72 bits per heavy atom. The molecule has 1 atom stereocenters. The summed E-state index contributed by atoms with van der Waals surface area (Å²) in [6, 6.07) is 9.33. The Morgan fingerprint density at radius 2 is 2.00 bits per heavy atom. The molecule has 2 rings (SSSR count). The van der Waals surface area contributed by atoms with E-state index in [-0.39, 0.29) is 30.7 Å². The van der Waals surface area contributed by atoms with Crippen molar-refractivity contribution >= 4 is 17.8 Å². The van der Waals surface area contributed by atoms with E-state index < -0.39 is 5.97 Å². The fraction of sp³-hybridized carbons (Fsp3) is 0.500. The predicted octanol–water partition coefficient (Wildman–Crippen LogP) is 0.983. The van der Waals surface area contributed by atoms with Crippen molar-refractivity contribution in [1.82, 2.24) is 10.2 Å². The van der Waals surface area contributed by atoms with E-state index in [1.54, 1.807) is 4.90 Å². The number of rotatable bonds is 7. The molecule has 0 aromatic heterocycles. The first kappa shape index (κ1) is 18.8. The van der Waals surface area contributed by atoms with Crippen LogP contribution in [0, 0.1) is 5.92 Å². The molecule has 0 aliphatic carbocycles. The van der Waals surface area contributed by atoms with Gasteiger partial charge in [-0.2, -0.15) is 0 Å². The van der Waals surface area contributed by atoms with Gasteiger partial charge in [0.2, 0.25) is 11.8 Å². The maximum atomic E-state index is 12.3. The highest BCUT2D eigenvalue weighted by atomic mass is 16.5. The first-order valence-corrected chi connectivity index (χ1v) is 8.40. The van der Waals surface area contributed by atoms with Crippen LogP contribution in [0.5, 0.6) is 5.75 Å². The number of piperidine rings is 1. The molecule has 1 aliphatic heterocycles. The number of esters is 1. The van der Waals surface area contributed by atoms with Crippen molar-refractivity contribution in [3.63, 3.8) is 0 Å². The second-order valence-corrected chi connectivity index (χ2v) is 5.88. The smallest absolute Gasteiger partial charge is 0.325 e. The first-order chi connectivity index (χ1) is 12.1. The Balaban J connectivity index is 1.74. The molecule has 1 fully saturated rings. The Labute approximate surface area is 147 Å². The number of methoxy groups -OCH3 is 1. The lowest BCUT2D eigenvalue weighted by atomic mass is 9.97. The summed E-state index contributed by atoms with van der Waals surface area (Å²) in [6.45, 7) is 1.17. The van der Waals surface area contributed by atoms with Crippen molar-refractivity contribution in [2.75, 3.05) is 33.4 Å². The van der Waals surface area contributed by atoms with E-state index in [1.807, 2.05) is 30.3 Å². The molecule has 1 aromatic carbocycles. The highest BCUT2D eigenvalue weighted by Crippen LogP contribution is 2.17. The van der Waals surface area contributed by atoms with Crippen LogP contribution in [-0.2, 0) is 19.1 Å². The third-order valence-electron chi connectivity index (χ3n) is 4.11. The number of para-hydroxylation sites is 1. The normalized spacial score (nSPS) is 16.8. The van der Waals surface area contributed by atoms with Crippen LogP contribution in [0.15, 0.2) is 30.3 Å². The van der Waals surface area contributed by atoms with Gasteiger partial charge >= 0.3 is 5.97 Å². The molecule has 0 radical (unpaired) electrons. The molecule has 1 N–H and O–H groups in total. The average molecular weight is 348 g/mol. The molecule has 7 nitrogen and oxygen atoms in total. The van der Waals surface area contributed by atoms with Gasteiger partial charge < -0.3 is 19.7 Å². The van der Waals surface area contributed by atoms with Crippen LogP contribution in [0.1, 0.15) is 19.3 Å². The molecule has 25 heavy (non-hydrogen) atoms. The van der Waals surface area contributed by atoms with Gasteiger partial charge in [0, 0.05) is 13.1 Å². The molecule has 1 aliphatic rings. The van der Waals surface area contributed by atoms with Crippen LogP contribution in [0.2, 0.25) is 0 Å². The highest BCUT2D eigenvalue weighted by molar-refractivity contribution is 5.84. The Kier molecular flexibility index (Phi) is 7.25. The largest absolute Gasteiger partial charge is 0.493 e. The van der Waals surface area contributed by atoms with Gasteiger partial charge in [-0.05, 0) is 25.0 Å². The highest BCUT2D eigenvalue weighted by Gasteiger charge is 2.28. The van der Waals surface area contributed by atoms with Crippen molar-refractivity contribution in [2.24, 2.45) is 5.92 Å². The first-order valence-electron chi connectivity index (χ1n) is 8.40. The van der Waals surface area contributed by atoms with Gasteiger partial charge in [-0.25, -0.2) is 0 Å². The number of carbonyl (C=O) groups excluding carboxylic acids is 3. The topological polar surface area (TPSA) is 84.9 Å². The van der Waals surface area contributed by atoms with E-state index in [0.29, 0.717) is 26.1 Å². The summed E-state index contributed by atoms with van der Waals surface area (Å²) in [5.74, 6) is -0.300. The van der Waals surface area contributed by atoms with E-state index in [9.17, 15) is 14.4 Å². The maximum absolute atomic E-state index is 12.3. The zero-order valence-electron chi connectivity index (χ0n) is 14.4. The number of amides is 2. The number of ether oxygens (including phenoxy) is 2. The summed E-state index contributed by atoms with van der Waals surface area (Å²) in [6.07, 6.45) is 1.74. The van der Waals surface area contributed by atoms with Crippen molar-refractivity contribution < 1.29 is 23.9 Å². The summed E-state index contributed by atoms with van der Waals surface area (Å²) in [5, 5.41) is 2.55. The molecule has 1 heterocycles. The second-order valence-electron chi connectivity index (χ2n) is 5.88. The molecule has 2 amide bonds. The van der Waals surface area contributed by atoms with Crippen LogP contribution >= 0.6 is 0 Å². The van der Waals surface area contributed by atoms with Crippen molar-refractivity contribution in [1.29, 1.82) is 0 Å². The van der Waals surface area contributed by atoms with Gasteiger partial charge in [-0.3, -0.25) is 14.4 Å². The van der Waals surface area contributed by atoms with Gasteiger partial charge in [0.25, 0.3) is 0 Å². The lowest BCUT2D eigenvalue weighted by Gasteiger charge is -2.32. The van der Waals surface area contributed by atoms with Crippen molar-refractivity contribution in [2.45, 2.75) is 19.3 Å². The van der Waals surface area contributed by atoms with E-state index >= 15 is 0 Å². The molecule has 1 aromatic rings. The minimum Gasteiger partial charge on any atom is -0.493 e. The van der Waals surface area contributed by atoms with E-state index in [1.165, 1.54) is 7.11 Å². The summed E-state index contributed by atoms with van der Waals surface area (Å²) in [7, 11) is 1.27. The quantitative estimate of drug-likeness (QED) is 0.743. The number of likely N-dealkylation sites (tertiary alicyclic amines) is 1. The molecule has 7 heteroatoms. The standard InChI is InChI=1S/C18H24N2O5/c1-24-17(22)12-19-18(23)14-6-5-10-20(13-14)16(21)9-11-25-15-7-3-2-4-8-15/h2-4,7-8,14H,5-6,9-13H2,1H3,(H,19,23). The minimum absolute atomic E-state index is 0.0265. The van der Waals surface area contributed by atoms with Gasteiger partial charge in [-0.1, -0.05) is 18.2 Å². The van der Waals surface area contributed by atoms with Gasteiger partial charge in [-0.15, -0.1) is 0 Å². The van der Waals surface area contributed by atoms with Crippen LogP contribution in [0.25, 0.3) is 0 Å².